The molecule has 0 radical (unpaired) electrons. The molecule has 6 aromatic carbocycles. The van der Waals surface area contributed by atoms with Crippen LogP contribution < -0.4 is 9.47 Å². The van der Waals surface area contributed by atoms with Gasteiger partial charge < -0.3 is 9.47 Å². The minimum Gasteiger partial charge on any atom is -0.470 e. The van der Waals surface area contributed by atoms with Gasteiger partial charge in [-0.3, -0.25) is 9.59 Å². The van der Waals surface area contributed by atoms with Crippen LogP contribution in [0.2, 0.25) is 0 Å². The molecule has 6 aliphatic rings. The molecule has 2 unspecified atom stereocenters. The van der Waals surface area contributed by atoms with Gasteiger partial charge >= 0.3 is 0 Å². The Bertz CT molecular complexity index is 5350. The number of hydrogen-bond acceptors (Lipinski definition) is 12. The predicted octanol–water partition coefficient (Wildman–Crippen LogP) is 20.0. The molecule has 0 bridgehead atoms. The number of nitrogens with zero attached hydrogens (tertiary/aromatic N) is 4. The normalized spacial score (nSPS) is 19.7. The highest BCUT2D eigenvalue weighted by atomic mass is 32.2. The molecule has 10 aromatic rings. The van der Waals surface area contributed by atoms with E-state index in [1.165, 1.54) is 23.1 Å². The van der Waals surface area contributed by atoms with Gasteiger partial charge in [-0.25, -0.2) is 37.8 Å². The quantitative estimate of drug-likeness (QED) is 0.0701. The zero-order chi connectivity index (χ0) is 63.5. The van der Waals surface area contributed by atoms with Gasteiger partial charge in [0.1, 0.15) is 0 Å². The van der Waals surface area contributed by atoms with E-state index in [1.54, 1.807) is 57.9 Å². The SMILES string of the molecule is [C-]#[N+]/C(C#N)=C1\C(=C\c2cc3sc4c(c3s2)C(c2ccc(C)cc2)(c2ccc(C)cc2)Oc2c-4sc3c4c(sc23)C2=C(C3SC(/C=C5\C(=O)c6cc(F)c(F)cc6\C5=C(\C#N)[N+]#[C-])=CC3S2)C(c2ccc(C)cc2)(c2ccc(C)cc2)O4)C(=O)c2cc(F)c(F)cc21. The topological polar surface area (TPSA) is 109 Å². The lowest BCUT2D eigenvalue weighted by molar-refractivity contribution is 0.103. The minimum absolute atomic E-state index is 0.00620. The first-order valence-corrected chi connectivity index (χ1v) is 33.7. The van der Waals surface area contributed by atoms with Crippen molar-refractivity contribution in [2.24, 2.45) is 0 Å². The summed E-state index contributed by atoms with van der Waals surface area (Å²) in [7, 11) is 0. The number of fused-ring (bicyclic) bond motifs is 14. The molecular weight excluding hydrogens is 1280 g/mol. The third-order valence-corrected chi connectivity index (χ3v) is 25.6. The summed E-state index contributed by atoms with van der Waals surface area (Å²) in [5.74, 6) is -4.72. The van der Waals surface area contributed by atoms with Gasteiger partial charge in [-0.2, -0.15) is 0 Å². The van der Waals surface area contributed by atoms with Crippen LogP contribution in [-0.4, -0.2) is 22.1 Å². The molecule has 8 heterocycles. The fraction of sp³-hybridized carbons (Fsp3) is 0.108. The maximum Gasteiger partial charge on any atom is 0.270 e. The van der Waals surface area contributed by atoms with Gasteiger partial charge in [-0.15, -0.1) is 68.9 Å². The van der Waals surface area contributed by atoms with E-state index >= 15 is 0 Å². The summed E-state index contributed by atoms with van der Waals surface area (Å²) >= 11 is 9.43. The highest BCUT2D eigenvalue weighted by Gasteiger charge is 2.58. The molecule has 0 spiro atoms. The van der Waals surface area contributed by atoms with Crippen LogP contribution in [0.1, 0.15) is 91.7 Å². The van der Waals surface area contributed by atoms with Crippen LogP contribution in [-0.2, 0) is 11.2 Å². The number of carbonyl (C=O) groups excluding carboxylic acids is 2. The number of ether oxygens (including phenoxy) is 2. The number of halogens is 4. The molecule has 16 rings (SSSR count). The van der Waals surface area contributed by atoms with Crippen molar-refractivity contribution in [2.45, 2.75) is 49.4 Å². The first kappa shape index (κ1) is 57.6. The number of aryl methyl sites for hydroxylation is 4. The van der Waals surface area contributed by atoms with Crippen molar-refractivity contribution in [1.82, 2.24) is 0 Å². The molecule has 442 valence electrons. The van der Waals surface area contributed by atoms with Crippen LogP contribution in [0.5, 0.6) is 11.5 Å². The number of allylic oxidation sites excluding steroid dienone is 7. The van der Waals surface area contributed by atoms with Crippen molar-refractivity contribution in [1.29, 1.82) is 10.5 Å². The number of rotatable bonds is 6. The number of benzene rings is 6. The number of hydrogen-bond donors (Lipinski definition) is 0. The Kier molecular flexibility index (Phi) is 13.1. The fourth-order valence-corrected chi connectivity index (χ4v) is 22.2. The predicted molar refractivity (Wildman–Crippen MR) is 359 cm³/mol. The monoisotopic (exact) mass is 1310 g/mol. The molecule has 18 heteroatoms. The van der Waals surface area contributed by atoms with Crippen molar-refractivity contribution in [3.8, 4) is 33.4 Å². The summed E-state index contributed by atoms with van der Waals surface area (Å²) in [6.07, 6.45) is 5.34. The lowest BCUT2D eigenvalue weighted by Gasteiger charge is -2.42. The average Bonchev–Trinajstić information content (AvgIpc) is 1.50. The molecule has 8 nitrogen and oxygen atoms in total. The van der Waals surface area contributed by atoms with Crippen molar-refractivity contribution >= 4 is 121 Å². The number of nitriles is 2. The Balaban J connectivity index is 0.904. The van der Waals surface area contributed by atoms with Gasteiger partial charge in [-0.05, 0) is 81.3 Å². The first-order valence-electron chi connectivity index (χ1n) is 28.7. The van der Waals surface area contributed by atoms with Crippen LogP contribution in [0.4, 0.5) is 17.6 Å². The molecule has 92 heavy (non-hydrogen) atoms. The molecule has 2 aliphatic carbocycles. The molecule has 2 atom stereocenters. The van der Waals surface area contributed by atoms with Crippen LogP contribution in [0.15, 0.2) is 173 Å². The smallest absolute Gasteiger partial charge is 0.270 e. The van der Waals surface area contributed by atoms with Crippen LogP contribution in [0.25, 0.3) is 60.4 Å². The van der Waals surface area contributed by atoms with Crippen LogP contribution in [0.3, 0.4) is 0 Å². The summed E-state index contributed by atoms with van der Waals surface area (Å²) in [5, 5.41) is 19.8. The van der Waals surface area contributed by atoms with Crippen LogP contribution in [0, 0.1) is 86.8 Å². The summed E-state index contributed by atoms with van der Waals surface area (Å²) in [4.78, 5) is 40.5. The third kappa shape index (κ3) is 8.21. The Labute approximate surface area is 548 Å². The Morgan fingerprint density at radius 3 is 1.45 bits per heavy atom. The molecule has 0 saturated carbocycles. The van der Waals surface area contributed by atoms with Gasteiger partial charge in [0.05, 0.1) is 59.3 Å². The number of thiophene rings is 4. The van der Waals surface area contributed by atoms with E-state index in [0.717, 1.165) is 118 Å². The second kappa shape index (κ2) is 21.0. The van der Waals surface area contributed by atoms with E-state index in [2.05, 4.69) is 113 Å². The van der Waals surface area contributed by atoms with E-state index in [0.29, 0.717) is 21.3 Å². The number of carbonyl (C=O) groups is 2. The molecule has 0 amide bonds. The molecule has 4 aromatic heterocycles. The zero-order valence-corrected chi connectivity index (χ0v) is 53.3. The Morgan fingerprint density at radius 2 is 0.967 bits per heavy atom. The zero-order valence-electron chi connectivity index (χ0n) is 48.4. The molecule has 4 aliphatic heterocycles. The molecular formula is C74H38F4N4O4S6. The maximum atomic E-state index is 14.9. The summed E-state index contributed by atoms with van der Waals surface area (Å²) in [6.45, 7) is 23.9. The second-order valence-electron chi connectivity index (χ2n) is 23.1. The standard InChI is InChI=1S/C74H38F4N4O4S6/c1-33-7-15-37(16-8-33)73(38-17-9-34(2)10-18-38)59-65-55(25-41(87-65)23-47-57(53(31-79)81-5)43-27-49(75)51(77)29-45(43)61(47)83)89-67(59)69-63(85-73)71-72(91-69)64-70(92-71)68-60(74(86-64,39-19-11-35(3)12-20-39)40-21-13-36(4)14-22-40)66-56(90-68)26-42(88-66)24-48-58(54(32-80)82-6)44-28-50(76)52(78)30-46(44)62(48)84/h7-30,55,65H,1-4H3/b47-23-,48-24-,57-53+,58-54-. The molecule has 0 saturated heterocycles. The van der Waals surface area contributed by atoms with E-state index < -0.39 is 57.4 Å². The van der Waals surface area contributed by atoms with Gasteiger partial charge in [0.2, 0.25) is 0 Å². The van der Waals surface area contributed by atoms with E-state index in [9.17, 15) is 37.7 Å². The van der Waals surface area contributed by atoms with Crippen molar-refractivity contribution in [3.05, 3.63) is 301 Å². The van der Waals surface area contributed by atoms with Crippen molar-refractivity contribution < 1.29 is 36.6 Å². The van der Waals surface area contributed by atoms with E-state index in [4.69, 9.17) is 22.6 Å². The maximum absolute atomic E-state index is 14.9. The fourth-order valence-electron chi connectivity index (χ4n) is 13.4. The first-order chi connectivity index (χ1) is 44.5. The van der Waals surface area contributed by atoms with Crippen molar-refractivity contribution in [2.75, 3.05) is 0 Å². The van der Waals surface area contributed by atoms with E-state index in [1.807, 2.05) is 45.9 Å². The summed E-state index contributed by atoms with van der Waals surface area (Å²) in [6, 6.07) is 42.5. The van der Waals surface area contributed by atoms with Crippen molar-refractivity contribution in [3.63, 3.8) is 0 Å². The van der Waals surface area contributed by atoms with Gasteiger partial charge in [-0.1, -0.05) is 125 Å². The van der Waals surface area contributed by atoms with Gasteiger partial charge in [0.25, 0.3) is 11.4 Å². The Morgan fingerprint density at radius 1 is 0.533 bits per heavy atom. The third-order valence-electron chi connectivity index (χ3n) is 17.6. The lowest BCUT2D eigenvalue weighted by Crippen LogP contribution is -2.42. The minimum atomic E-state index is -1.29. The average molecular weight is 1320 g/mol. The van der Waals surface area contributed by atoms with Gasteiger partial charge in [0.15, 0.2) is 57.5 Å². The number of ketones is 2. The van der Waals surface area contributed by atoms with Gasteiger partial charge in [0, 0.05) is 91.4 Å². The number of thioether (sulfide) groups is 2. The summed E-state index contributed by atoms with van der Waals surface area (Å²) in [5.41, 5.74) is 5.78. The number of Topliss-reactive ketones (excluding diaryl/α,β-unsaturated/α-hetero) is 2. The lowest BCUT2D eigenvalue weighted by atomic mass is 9.76. The highest BCUT2D eigenvalue weighted by molar-refractivity contribution is 8.12. The summed E-state index contributed by atoms with van der Waals surface area (Å²) < 4.78 is 78.9. The highest BCUT2D eigenvalue weighted by Crippen LogP contribution is 2.71. The van der Waals surface area contributed by atoms with E-state index in [-0.39, 0.29) is 55.0 Å². The molecule has 0 N–H and O–H groups in total. The molecule has 0 fully saturated rings. The van der Waals surface area contributed by atoms with Crippen LogP contribution >= 0.6 is 68.9 Å². The second-order valence-corrected chi connectivity index (χ2v) is 29.7. The largest absolute Gasteiger partial charge is 0.470 e. The Hall–Kier alpha value is -9.60.